The number of carboxylic acids is 1. The first-order valence-corrected chi connectivity index (χ1v) is 5.64. The molecule has 0 aliphatic heterocycles. The third kappa shape index (κ3) is 4.82. The number of hydrogen-bond donors (Lipinski definition) is 2. The molecule has 0 unspecified atom stereocenters. The lowest BCUT2D eigenvalue weighted by Crippen LogP contribution is -2.13. The fraction of sp³-hybridized carbons (Fsp3) is 0.417. The average molecular weight is 251 g/mol. The lowest BCUT2D eigenvalue weighted by Gasteiger charge is -2.11. The fourth-order valence-electron chi connectivity index (χ4n) is 1.35. The van der Waals surface area contributed by atoms with Crippen LogP contribution in [-0.2, 0) is 9.59 Å². The molecule has 0 spiro atoms. The minimum absolute atomic E-state index is 0.00520. The summed E-state index contributed by atoms with van der Waals surface area (Å²) in [5.74, 6) is -0.283. The van der Waals surface area contributed by atoms with Crippen LogP contribution >= 0.6 is 0 Å². The number of carbonyl (C=O) groups is 2. The second kappa shape index (κ2) is 6.58. The standard InChI is InChI=1S/C12H17N3O3/c1-15(2)10-7-6-9(8-13-10)14-11(16)4-3-5-12(17)18/h6-8H,3-5H2,1-2H3,(H,14,16)(H,17,18). The van der Waals surface area contributed by atoms with E-state index >= 15 is 0 Å². The van der Waals surface area contributed by atoms with Crippen molar-refractivity contribution in [1.29, 1.82) is 0 Å². The first kappa shape index (κ1) is 14.0. The normalized spacial score (nSPS) is 9.89. The molecule has 6 heteroatoms. The maximum Gasteiger partial charge on any atom is 0.303 e. The topological polar surface area (TPSA) is 82.5 Å². The van der Waals surface area contributed by atoms with Gasteiger partial charge in [0.1, 0.15) is 5.82 Å². The summed E-state index contributed by atoms with van der Waals surface area (Å²) in [7, 11) is 3.76. The molecule has 0 aliphatic rings. The van der Waals surface area contributed by atoms with E-state index in [0.717, 1.165) is 5.82 Å². The Morgan fingerprint density at radius 2 is 2.06 bits per heavy atom. The molecule has 0 saturated carbocycles. The summed E-state index contributed by atoms with van der Waals surface area (Å²) in [6.07, 6.45) is 2.11. The summed E-state index contributed by atoms with van der Waals surface area (Å²) in [6.45, 7) is 0. The second-order valence-electron chi connectivity index (χ2n) is 4.09. The summed E-state index contributed by atoms with van der Waals surface area (Å²) >= 11 is 0. The average Bonchev–Trinajstić information content (AvgIpc) is 2.29. The lowest BCUT2D eigenvalue weighted by molar-refractivity contribution is -0.137. The Morgan fingerprint density at radius 1 is 1.33 bits per heavy atom. The number of carbonyl (C=O) groups excluding carboxylic acids is 1. The van der Waals surface area contributed by atoms with Crippen molar-refractivity contribution in [2.75, 3.05) is 24.3 Å². The minimum Gasteiger partial charge on any atom is -0.481 e. The molecular formula is C12H17N3O3. The zero-order chi connectivity index (χ0) is 13.5. The van der Waals surface area contributed by atoms with Gasteiger partial charge in [-0.25, -0.2) is 4.98 Å². The summed E-state index contributed by atoms with van der Waals surface area (Å²) in [6, 6.07) is 3.56. The molecule has 0 aliphatic carbocycles. The molecule has 0 bridgehead atoms. The van der Waals surface area contributed by atoms with Gasteiger partial charge in [-0.3, -0.25) is 9.59 Å². The van der Waals surface area contributed by atoms with Gasteiger partial charge in [0.05, 0.1) is 11.9 Å². The summed E-state index contributed by atoms with van der Waals surface area (Å²) in [5, 5.41) is 11.1. The van der Waals surface area contributed by atoms with Crippen LogP contribution in [0.25, 0.3) is 0 Å². The van der Waals surface area contributed by atoms with E-state index in [0.29, 0.717) is 12.1 Å². The summed E-state index contributed by atoms with van der Waals surface area (Å²) in [5.41, 5.74) is 0.612. The quantitative estimate of drug-likeness (QED) is 0.797. The van der Waals surface area contributed by atoms with Gasteiger partial charge in [0, 0.05) is 26.9 Å². The van der Waals surface area contributed by atoms with Gasteiger partial charge in [0.2, 0.25) is 5.91 Å². The number of aliphatic carboxylic acids is 1. The number of nitrogens with zero attached hydrogens (tertiary/aromatic N) is 2. The third-order valence-corrected chi connectivity index (χ3v) is 2.28. The molecule has 0 aromatic carbocycles. The van der Waals surface area contributed by atoms with Gasteiger partial charge in [-0.2, -0.15) is 0 Å². The van der Waals surface area contributed by atoms with Gasteiger partial charge in [-0.05, 0) is 18.6 Å². The van der Waals surface area contributed by atoms with Crippen molar-refractivity contribution >= 4 is 23.4 Å². The van der Waals surface area contributed by atoms with Crippen molar-refractivity contribution in [3.8, 4) is 0 Å². The molecule has 1 aromatic rings. The Hall–Kier alpha value is -2.11. The smallest absolute Gasteiger partial charge is 0.303 e. The van der Waals surface area contributed by atoms with Crippen LogP contribution in [0, 0.1) is 0 Å². The predicted molar refractivity (Wildman–Crippen MR) is 68.7 cm³/mol. The molecule has 0 radical (unpaired) electrons. The zero-order valence-corrected chi connectivity index (χ0v) is 10.5. The number of hydrogen-bond acceptors (Lipinski definition) is 4. The molecule has 98 valence electrons. The van der Waals surface area contributed by atoms with E-state index in [1.807, 2.05) is 19.0 Å². The lowest BCUT2D eigenvalue weighted by atomic mass is 10.2. The van der Waals surface area contributed by atoms with Crippen LogP contribution in [0.5, 0.6) is 0 Å². The van der Waals surface area contributed by atoms with Crippen LogP contribution in [0.15, 0.2) is 18.3 Å². The van der Waals surface area contributed by atoms with E-state index in [1.165, 1.54) is 0 Å². The maximum absolute atomic E-state index is 11.5. The highest BCUT2D eigenvalue weighted by atomic mass is 16.4. The van der Waals surface area contributed by atoms with Crippen molar-refractivity contribution < 1.29 is 14.7 Å². The number of amides is 1. The van der Waals surface area contributed by atoms with Crippen molar-refractivity contribution in [2.45, 2.75) is 19.3 Å². The largest absolute Gasteiger partial charge is 0.481 e. The van der Waals surface area contributed by atoms with E-state index in [4.69, 9.17) is 5.11 Å². The summed E-state index contributed by atoms with van der Waals surface area (Å²) < 4.78 is 0. The molecule has 6 nitrogen and oxygen atoms in total. The number of carboxylic acid groups (broad SMARTS) is 1. The molecule has 1 heterocycles. The SMILES string of the molecule is CN(C)c1ccc(NC(=O)CCCC(=O)O)cn1. The van der Waals surface area contributed by atoms with Crippen molar-refractivity contribution in [3.63, 3.8) is 0 Å². The van der Waals surface area contributed by atoms with E-state index in [2.05, 4.69) is 10.3 Å². The Kier molecular flexibility index (Phi) is 5.10. The van der Waals surface area contributed by atoms with Crippen LogP contribution in [-0.4, -0.2) is 36.1 Å². The van der Waals surface area contributed by atoms with Crippen molar-refractivity contribution in [2.24, 2.45) is 0 Å². The van der Waals surface area contributed by atoms with E-state index in [9.17, 15) is 9.59 Å². The number of pyridine rings is 1. The number of anilines is 2. The predicted octanol–water partition coefficient (Wildman–Crippen LogP) is 1.34. The first-order valence-electron chi connectivity index (χ1n) is 5.64. The minimum atomic E-state index is -0.889. The first-order chi connectivity index (χ1) is 8.49. The molecule has 1 aromatic heterocycles. The highest BCUT2D eigenvalue weighted by molar-refractivity contribution is 5.90. The maximum atomic E-state index is 11.5. The molecule has 0 saturated heterocycles. The van der Waals surface area contributed by atoms with E-state index in [-0.39, 0.29) is 18.7 Å². The third-order valence-electron chi connectivity index (χ3n) is 2.28. The second-order valence-corrected chi connectivity index (χ2v) is 4.09. The van der Waals surface area contributed by atoms with Gasteiger partial charge in [-0.15, -0.1) is 0 Å². The monoisotopic (exact) mass is 251 g/mol. The zero-order valence-electron chi connectivity index (χ0n) is 10.5. The molecule has 0 atom stereocenters. The Balaban J connectivity index is 2.42. The van der Waals surface area contributed by atoms with Crippen molar-refractivity contribution in [1.82, 2.24) is 4.98 Å². The number of aromatic nitrogens is 1. The molecule has 0 fully saturated rings. The molecule has 1 rings (SSSR count). The van der Waals surface area contributed by atoms with Gasteiger partial charge in [0.15, 0.2) is 0 Å². The van der Waals surface area contributed by atoms with Crippen LogP contribution in [0.3, 0.4) is 0 Å². The Labute approximate surface area is 106 Å². The number of rotatable bonds is 6. The molecule has 18 heavy (non-hydrogen) atoms. The van der Waals surface area contributed by atoms with Crippen LogP contribution in [0.2, 0.25) is 0 Å². The van der Waals surface area contributed by atoms with Crippen LogP contribution in [0.1, 0.15) is 19.3 Å². The number of nitrogens with one attached hydrogen (secondary N) is 1. The van der Waals surface area contributed by atoms with Gasteiger partial charge in [0.25, 0.3) is 0 Å². The van der Waals surface area contributed by atoms with Gasteiger partial charge < -0.3 is 15.3 Å². The molecular weight excluding hydrogens is 234 g/mol. The highest BCUT2D eigenvalue weighted by Crippen LogP contribution is 2.12. The molecule has 1 amide bonds. The van der Waals surface area contributed by atoms with E-state index in [1.54, 1.807) is 18.3 Å². The Morgan fingerprint density at radius 3 is 2.56 bits per heavy atom. The fourth-order valence-corrected chi connectivity index (χ4v) is 1.35. The Bertz CT molecular complexity index is 415. The van der Waals surface area contributed by atoms with E-state index < -0.39 is 5.97 Å². The van der Waals surface area contributed by atoms with Crippen molar-refractivity contribution in [3.05, 3.63) is 18.3 Å². The summed E-state index contributed by atoms with van der Waals surface area (Å²) in [4.78, 5) is 27.8. The van der Waals surface area contributed by atoms with Gasteiger partial charge in [-0.1, -0.05) is 0 Å². The van der Waals surface area contributed by atoms with Crippen LogP contribution in [0.4, 0.5) is 11.5 Å². The highest BCUT2D eigenvalue weighted by Gasteiger charge is 2.05. The van der Waals surface area contributed by atoms with Gasteiger partial charge >= 0.3 is 5.97 Å². The molecule has 2 N–H and O–H groups in total. The van der Waals surface area contributed by atoms with Crippen LogP contribution < -0.4 is 10.2 Å².